The van der Waals surface area contributed by atoms with Gasteiger partial charge in [-0.3, -0.25) is 0 Å². The van der Waals surface area contributed by atoms with Crippen LogP contribution in [0.4, 0.5) is 0 Å². The molecule has 0 spiro atoms. The Morgan fingerprint density at radius 1 is 1.06 bits per heavy atom. The van der Waals surface area contributed by atoms with Gasteiger partial charge < -0.3 is 5.11 Å². The molecule has 0 saturated heterocycles. The van der Waals surface area contributed by atoms with E-state index in [1.807, 2.05) is 54.6 Å². The highest BCUT2D eigenvalue weighted by atomic mass is 127. The average molecular weight is 322 g/mol. The topological polar surface area (TPSA) is 20.2 Å². The summed E-state index contributed by atoms with van der Waals surface area (Å²) in [4.78, 5) is 0. The molecule has 16 heavy (non-hydrogen) atoms. The lowest BCUT2D eigenvalue weighted by molar-refractivity contribution is 0.512. The average Bonchev–Trinajstić information content (AvgIpc) is 2.80. The van der Waals surface area contributed by atoms with Crippen molar-refractivity contribution in [1.29, 1.82) is 0 Å². The van der Waals surface area contributed by atoms with Crippen LogP contribution in [-0.4, -0.2) is 5.11 Å². The SMILES string of the molecule is O/C(=C\C=C1C=CC=C1)c1ccc(I)cc1. The zero-order valence-electron chi connectivity index (χ0n) is 8.60. The van der Waals surface area contributed by atoms with Crippen LogP contribution in [0, 0.1) is 3.57 Å². The lowest BCUT2D eigenvalue weighted by Crippen LogP contribution is -1.82. The molecule has 1 aromatic carbocycles. The first kappa shape index (κ1) is 11.2. The fourth-order valence-corrected chi connectivity index (χ4v) is 1.75. The molecule has 0 amide bonds. The van der Waals surface area contributed by atoms with Crippen LogP contribution in [0.15, 0.2) is 66.3 Å². The van der Waals surface area contributed by atoms with Gasteiger partial charge >= 0.3 is 0 Å². The highest BCUT2D eigenvalue weighted by Crippen LogP contribution is 2.15. The van der Waals surface area contributed by atoms with E-state index in [1.54, 1.807) is 6.08 Å². The van der Waals surface area contributed by atoms with Crippen molar-refractivity contribution in [2.24, 2.45) is 0 Å². The minimum atomic E-state index is 0.289. The standard InChI is InChI=1S/C14H11IO/c15-13-8-6-12(7-9-13)14(16)10-5-11-3-1-2-4-11/h1-10,16H/b14-10-. The predicted octanol–water partition coefficient (Wildman–Crippen LogP) is 4.24. The van der Waals surface area contributed by atoms with Crippen molar-refractivity contribution in [3.05, 3.63) is 75.4 Å². The predicted molar refractivity (Wildman–Crippen MR) is 76.1 cm³/mol. The van der Waals surface area contributed by atoms with Crippen molar-refractivity contribution >= 4 is 28.4 Å². The smallest absolute Gasteiger partial charge is 0.122 e. The van der Waals surface area contributed by atoms with Crippen molar-refractivity contribution < 1.29 is 5.11 Å². The van der Waals surface area contributed by atoms with Crippen LogP contribution < -0.4 is 0 Å². The first-order valence-corrected chi connectivity index (χ1v) is 6.05. The lowest BCUT2D eigenvalue weighted by atomic mass is 10.1. The van der Waals surface area contributed by atoms with Crippen LogP contribution >= 0.6 is 22.6 Å². The zero-order valence-corrected chi connectivity index (χ0v) is 10.8. The first-order valence-electron chi connectivity index (χ1n) is 4.97. The largest absolute Gasteiger partial charge is 0.507 e. The van der Waals surface area contributed by atoms with E-state index in [0.29, 0.717) is 0 Å². The Bertz CT molecular complexity index is 476. The molecule has 80 valence electrons. The zero-order chi connectivity index (χ0) is 11.4. The van der Waals surface area contributed by atoms with Crippen LogP contribution in [-0.2, 0) is 0 Å². The molecule has 0 aromatic heterocycles. The van der Waals surface area contributed by atoms with E-state index in [1.165, 1.54) is 0 Å². The summed E-state index contributed by atoms with van der Waals surface area (Å²) in [5.74, 6) is 0.289. The van der Waals surface area contributed by atoms with Crippen molar-refractivity contribution in [3.63, 3.8) is 0 Å². The number of aliphatic hydroxyl groups is 1. The summed E-state index contributed by atoms with van der Waals surface area (Å²) in [5, 5.41) is 9.84. The minimum Gasteiger partial charge on any atom is -0.507 e. The molecule has 1 N–H and O–H groups in total. The second-order valence-corrected chi connectivity index (χ2v) is 4.69. The van der Waals surface area contributed by atoms with Crippen molar-refractivity contribution in [3.8, 4) is 0 Å². The Morgan fingerprint density at radius 2 is 1.69 bits per heavy atom. The number of rotatable bonds is 2. The number of hydrogen-bond donors (Lipinski definition) is 1. The molecule has 2 heteroatoms. The molecular formula is C14H11IO. The molecule has 1 aliphatic carbocycles. The number of benzene rings is 1. The Hall–Kier alpha value is -1.29. The highest BCUT2D eigenvalue weighted by molar-refractivity contribution is 14.1. The Morgan fingerprint density at radius 3 is 2.31 bits per heavy atom. The third kappa shape index (κ3) is 2.85. The maximum absolute atomic E-state index is 9.84. The molecule has 0 aliphatic heterocycles. The van der Waals surface area contributed by atoms with Gasteiger partial charge in [-0.2, -0.15) is 0 Å². The van der Waals surface area contributed by atoms with Crippen LogP contribution in [0.2, 0.25) is 0 Å². The number of aliphatic hydroxyl groups excluding tert-OH is 1. The van der Waals surface area contributed by atoms with Gasteiger partial charge in [0, 0.05) is 9.13 Å². The molecule has 2 rings (SSSR count). The summed E-state index contributed by atoms with van der Waals surface area (Å²) in [6, 6.07) is 7.77. The summed E-state index contributed by atoms with van der Waals surface area (Å²) < 4.78 is 1.16. The number of allylic oxidation sites excluding steroid dienone is 7. The molecule has 1 nitrogen and oxygen atoms in total. The van der Waals surface area contributed by atoms with Gasteiger partial charge in [-0.05, 0) is 46.4 Å². The summed E-state index contributed by atoms with van der Waals surface area (Å²) in [6.07, 6.45) is 11.6. The quantitative estimate of drug-likeness (QED) is 0.638. The van der Waals surface area contributed by atoms with Gasteiger partial charge in [-0.1, -0.05) is 42.5 Å². The van der Waals surface area contributed by atoms with Crippen molar-refractivity contribution in [1.82, 2.24) is 0 Å². The van der Waals surface area contributed by atoms with E-state index < -0.39 is 0 Å². The van der Waals surface area contributed by atoms with E-state index in [-0.39, 0.29) is 5.76 Å². The molecular weight excluding hydrogens is 311 g/mol. The summed E-state index contributed by atoms with van der Waals surface area (Å²) in [7, 11) is 0. The third-order valence-corrected chi connectivity index (χ3v) is 2.98. The summed E-state index contributed by atoms with van der Waals surface area (Å²) in [5.41, 5.74) is 1.93. The fourth-order valence-electron chi connectivity index (χ4n) is 1.39. The second kappa shape index (κ2) is 5.16. The van der Waals surface area contributed by atoms with Crippen LogP contribution in [0.3, 0.4) is 0 Å². The Kier molecular flexibility index (Phi) is 3.62. The van der Waals surface area contributed by atoms with Crippen LogP contribution in [0.1, 0.15) is 5.56 Å². The number of hydrogen-bond acceptors (Lipinski definition) is 1. The van der Waals surface area contributed by atoms with Crippen LogP contribution in [0.25, 0.3) is 5.76 Å². The van der Waals surface area contributed by atoms with Crippen LogP contribution in [0.5, 0.6) is 0 Å². The molecule has 1 aromatic rings. The van der Waals surface area contributed by atoms with Gasteiger partial charge in [0.05, 0.1) is 0 Å². The maximum Gasteiger partial charge on any atom is 0.122 e. The van der Waals surface area contributed by atoms with Gasteiger partial charge in [-0.25, -0.2) is 0 Å². The van der Waals surface area contributed by atoms with E-state index in [0.717, 1.165) is 14.7 Å². The first-order chi connectivity index (χ1) is 7.75. The number of halogens is 1. The van der Waals surface area contributed by atoms with Gasteiger partial charge in [0.25, 0.3) is 0 Å². The molecule has 0 atom stereocenters. The van der Waals surface area contributed by atoms with Crippen molar-refractivity contribution in [2.45, 2.75) is 0 Å². The molecule has 1 aliphatic rings. The Labute approximate surface area is 109 Å². The Balaban J connectivity index is 2.18. The minimum absolute atomic E-state index is 0.289. The highest BCUT2D eigenvalue weighted by Gasteiger charge is 1.97. The van der Waals surface area contributed by atoms with Gasteiger partial charge in [-0.15, -0.1) is 0 Å². The van der Waals surface area contributed by atoms with E-state index in [9.17, 15) is 5.11 Å². The molecule has 0 fully saturated rings. The molecule has 0 heterocycles. The normalized spacial score (nSPS) is 14.6. The second-order valence-electron chi connectivity index (χ2n) is 3.44. The summed E-state index contributed by atoms with van der Waals surface area (Å²) >= 11 is 2.24. The molecule has 0 unspecified atom stereocenters. The third-order valence-electron chi connectivity index (χ3n) is 2.26. The molecule has 0 bridgehead atoms. The van der Waals surface area contributed by atoms with Crippen molar-refractivity contribution in [2.75, 3.05) is 0 Å². The van der Waals surface area contributed by atoms with E-state index in [2.05, 4.69) is 22.6 Å². The monoisotopic (exact) mass is 322 g/mol. The fraction of sp³-hybridized carbons (Fsp3) is 0. The van der Waals surface area contributed by atoms with E-state index >= 15 is 0 Å². The maximum atomic E-state index is 9.84. The lowest BCUT2D eigenvalue weighted by Gasteiger charge is -1.99. The van der Waals surface area contributed by atoms with Gasteiger partial charge in [0.2, 0.25) is 0 Å². The van der Waals surface area contributed by atoms with E-state index in [4.69, 9.17) is 0 Å². The summed E-state index contributed by atoms with van der Waals surface area (Å²) in [6.45, 7) is 0. The van der Waals surface area contributed by atoms with Gasteiger partial charge in [0.15, 0.2) is 0 Å². The molecule has 0 saturated carbocycles. The van der Waals surface area contributed by atoms with Gasteiger partial charge in [0.1, 0.15) is 5.76 Å². The molecule has 0 radical (unpaired) electrons.